The summed E-state index contributed by atoms with van der Waals surface area (Å²) in [5.41, 5.74) is 0. The van der Waals surface area contributed by atoms with E-state index >= 15 is 0 Å². The molecule has 0 heterocycles. The molecule has 0 aromatic carbocycles. The summed E-state index contributed by atoms with van der Waals surface area (Å²) in [5.74, 6) is -1.92. The molecule has 12 heavy (non-hydrogen) atoms. The van der Waals surface area contributed by atoms with Crippen LogP contribution in [-0.2, 0) is 9.47 Å². The number of ether oxygens (including phenoxy) is 2. The van der Waals surface area contributed by atoms with Crippen molar-refractivity contribution < 1.29 is 19.5 Å². The molecule has 0 spiro atoms. The largest absolute Gasteiger partial charge is 0.443 e. The van der Waals surface area contributed by atoms with E-state index in [1.54, 1.807) is 0 Å². The van der Waals surface area contributed by atoms with Crippen molar-refractivity contribution in [3.63, 3.8) is 0 Å². The van der Waals surface area contributed by atoms with Crippen LogP contribution in [0.25, 0.3) is 0 Å². The van der Waals surface area contributed by atoms with Gasteiger partial charge >= 0.3 is 5.91 Å². The van der Waals surface area contributed by atoms with Crippen molar-refractivity contribution in [2.45, 2.75) is 25.4 Å². The number of aliphatic hydroxyl groups excluding tert-OH is 1. The maximum Gasteiger partial charge on any atom is 0.443 e. The number of aliphatic hydroxyl groups is 1. The molecule has 1 atom stereocenters. The van der Waals surface area contributed by atoms with Crippen LogP contribution in [0.4, 0.5) is 0 Å². The number of hydrogen-bond acceptors (Lipinski definition) is 5. The molecule has 0 aromatic rings. The highest BCUT2D eigenvalue weighted by Gasteiger charge is 2.45. The van der Waals surface area contributed by atoms with Crippen LogP contribution in [0.15, 0.2) is 0 Å². The molecule has 0 aliphatic carbocycles. The Labute approximate surface area is 70.2 Å². The predicted octanol–water partition coefficient (Wildman–Crippen LogP) is -0.0194. The van der Waals surface area contributed by atoms with E-state index in [2.05, 4.69) is 9.47 Å². The molecule has 0 radical (unpaired) electrons. The Morgan fingerprint density at radius 1 is 1.58 bits per heavy atom. The van der Waals surface area contributed by atoms with Crippen LogP contribution in [0.2, 0.25) is 0 Å². The molecule has 6 nitrogen and oxygen atoms in total. The van der Waals surface area contributed by atoms with E-state index in [0.717, 1.165) is 14.2 Å². The van der Waals surface area contributed by atoms with Crippen LogP contribution in [0.1, 0.15) is 13.3 Å². The Hall–Kier alpha value is -0.720. The van der Waals surface area contributed by atoms with Gasteiger partial charge in [0.15, 0.2) is 0 Å². The predicted molar refractivity (Wildman–Crippen MR) is 40.0 cm³/mol. The Bertz CT molecular complexity index is 154. The highest BCUT2D eigenvalue weighted by Crippen LogP contribution is 2.18. The molecule has 0 fully saturated rings. The fraction of sp³-hybridized carbons (Fsp3) is 1.00. The first kappa shape index (κ1) is 11.3. The lowest BCUT2D eigenvalue weighted by molar-refractivity contribution is -0.690. The van der Waals surface area contributed by atoms with Gasteiger partial charge in [-0.05, 0) is 6.92 Å². The summed E-state index contributed by atoms with van der Waals surface area (Å²) in [4.78, 5) is 9.75. The van der Waals surface area contributed by atoms with Gasteiger partial charge in [0.05, 0.1) is 11.0 Å². The second-order valence-corrected chi connectivity index (χ2v) is 2.43. The molecule has 0 bridgehead atoms. The van der Waals surface area contributed by atoms with E-state index < -0.39 is 16.9 Å². The normalized spacial score (nSPS) is 14.3. The molecular weight excluding hydrogens is 166 g/mol. The maximum atomic E-state index is 10.5. The molecule has 0 rings (SSSR count). The molecule has 1 unspecified atom stereocenters. The second kappa shape index (κ2) is 4.34. The van der Waals surface area contributed by atoms with Crippen LogP contribution >= 0.6 is 0 Å². The summed E-state index contributed by atoms with van der Waals surface area (Å²) < 4.78 is 9.16. The topological polar surface area (TPSA) is 81.8 Å². The monoisotopic (exact) mass is 179 g/mol. The number of rotatable bonds is 5. The summed E-state index contributed by atoms with van der Waals surface area (Å²) in [5, 5.41) is 19.4. The van der Waals surface area contributed by atoms with E-state index in [9.17, 15) is 10.1 Å². The van der Waals surface area contributed by atoms with Gasteiger partial charge in [0.25, 0.3) is 0 Å². The van der Waals surface area contributed by atoms with E-state index in [0.29, 0.717) is 0 Å². The lowest BCUT2D eigenvalue weighted by Crippen LogP contribution is -2.44. The molecule has 0 saturated heterocycles. The van der Waals surface area contributed by atoms with E-state index in [4.69, 9.17) is 5.11 Å². The van der Waals surface area contributed by atoms with Crippen molar-refractivity contribution in [1.29, 1.82) is 0 Å². The molecule has 0 saturated carbocycles. The van der Waals surface area contributed by atoms with Crippen molar-refractivity contribution >= 4 is 0 Å². The van der Waals surface area contributed by atoms with Crippen molar-refractivity contribution in [2.75, 3.05) is 14.2 Å². The smallest absolute Gasteiger partial charge is 0.393 e. The zero-order valence-electron chi connectivity index (χ0n) is 7.31. The van der Waals surface area contributed by atoms with Crippen molar-refractivity contribution in [1.82, 2.24) is 0 Å². The Morgan fingerprint density at radius 2 is 2.00 bits per heavy atom. The standard InChI is InChI=1S/C6H13NO5/c1-5(8)4-6(11-2,12-3)7(9)10/h5,8H,4H2,1-3H3. The minimum Gasteiger partial charge on any atom is -0.393 e. The van der Waals surface area contributed by atoms with Gasteiger partial charge in [0.1, 0.15) is 6.42 Å². The summed E-state index contributed by atoms with van der Waals surface area (Å²) in [6.45, 7) is 1.43. The van der Waals surface area contributed by atoms with Gasteiger partial charge < -0.3 is 5.11 Å². The van der Waals surface area contributed by atoms with Gasteiger partial charge in [-0.25, -0.2) is 0 Å². The fourth-order valence-corrected chi connectivity index (χ4v) is 0.847. The lowest BCUT2D eigenvalue weighted by atomic mass is 10.2. The van der Waals surface area contributed by atoms with Crippen LogP contribution in [0, 0.1) is 10.1 Å². The third-order valence-electron chi connectivity index (χ3n) is 1.47. The summed E-state index contributed by atoms with van der Waals surface area (Å²) in [6, 6.07) is 0. The number of methoxy groups -OCH3 is 2. The summed E-state index contributed by atoms with van der Waals surface area (Å²) >= 11 is 0. The van der Waals surface area contributed by atoms with E-state index in [1.807, 2.05) is 0 Å². The highest BCUT2D eigenvalue weighted by atomic mass is 16.8. The number of nitro groups is 1. The van der Waals surface area contributed by atoms with E-state index in [1.165, 1.54) is 6.92 Å². The van der Waals surface area contributed by atoms with Gasteiger partial charge in [-0.2, -0.15) is 0 Å². The third kappa shape index (κ3) is 2.40. The Morgan fingerprint density at radius 3 is 2.08 bits per heavy atom. The van der Waals surface area contributed by atoms with Gasteiger partial charge in [0, 0.05) is 14.2 Å². The van der Waals surface area contributed by atoms with Gasteiger partial charge in [-0.3, -0.25) is 19.6 Å². The molecule has 0 aliphatic rings. The average molecular weight is 179 g/mol. The second-order valence-electron chi connectivity index (χ2n) is 2.43. The van der Waals surface area contributed by atoms with Gasteiger partial charge in [0.2, 0.25) is 0 Å². The lowest BCUT2D eigenvalue weighted by Gasteiger charge is -2.21. The number of nitrogens with zero attached hydrogens (tertiary/aromatic N) is 1. The first-order valence-electron chi connectivity index (χ1n) is 3.41. The summed E-state index contributed by atoms with van der Waals surface area (Å²) in [7, 11) is 2.32. The van der Waals surface area contributed by atoms with Crippen LogP contribution < -0.4 is 0 Å². The van der Waals surface area contributed by atoms with Crippen molar-refractivity contribution in [2.24, 2.45) is 0 Å². The quantitative estimate of drug-likeness (QED) is 0.364. The van der Waals surface area contributed by atoms with Crippen molar-refractivity contribution in [3.8, 4) is 0 Å². The van der Waals surface area contributed by atoms with Crippen LogP contribution in [0.3, 0.4) is 0 Å². The first-order valence-corrected chi connectivity index (χ1v) is 3.41. The molecule has 0 aromatic heterocycles. The Balaban J connectivity index is 4.46. The van der Waals surface area contributed by atoms with E-state index in [-0.39, 0.29) is 6.42 Å². The fourth-order valence-electron chi connectivity index (χ4n) is 0.847. The van der Waals surface area contributed by atoms with Gasteiger partial charge in [-0.1, -0.05) is 0 Å². The molecule has 72 valence electrons. The maximum absolute atomic E-state index is 10.5. The van der Waals surface area contributed by atoms with Crippen molar-refractivity contribution in [3.05, 3.63) is 10.1 Å². The van der Waals surface area contributed by atoms with Crippen LogP contribution in [0.5, 0.6) is 0 Å². The van der Waals surface area contributed by atoms with Gasteiger partial charge in [-0.15, -0.1) is 0 Å². The molecule has 6 heteroatoms. The zero-order valence-corrected chi connectivity index (χ0v) is 7.31. The molecule has 1 N–H and O–H groups in total. The minimum atomic E-state index is -1.92. The molecule has 0 amide bonds. The average Bonchev–Trinajstić information content (AvgIpc) is 1.99. The summed E-state index contributed by atoms with van der Waals surface area (Å²) in [6.07, 6.45) is -1.05. The molecular formula is C6H13NO5. The first-order chi connectivity index (χ1) is 5.48. The third-order valence-corrected chi connectivity index (χ3v) is 1.47. The zero-order chi connectivity index (χ0) is 9.78. The van der Waals surface area contributed by atoms with Crippen LogP contribution in [-0.4, -0.2) is 36.3 Å². The minimum absolute atomic E-state index is 0.201. The molecule has 0 aliphatic heterocycles. The highest BCUT2D eigenvalue weighted by molar-refractivity contribution is 4.59. The Kier molecular flexibility index (Phi) is 4.08. The SMILES string of the molecule is COC(CC(C)O)(OC)[N+](=O)[O-]. The number of hydrogen-bond donors (Lipinski definition) is 1.